The van der Waals surface area contributed by atoms with Gasteiger partial charge in [0.05, 0.1) is 6.61 Å². The molecule has 16 heavy (non-hydrogen) atoms. The Morgan fingerprint density at radius 3 is 2.38 bits per heavy atom. The summed E-state index contributed by atoms with van der Waals surface area (Å²) in [5, 5.41) is 0. The van der Waals surface area contributed by atoms with Crippen LogP contribution in [-0.4, -0.2) is 44.8 Å². The molecule has 1 unspecified atom stereocenters. The van der Waals surface area contributed by atoms with Crippen molar-refractivity contribution < 1.29 is 4.74 Å². The molecule has 0 aliphatic heterocycles. The van der Waals surface area contributed by atoms with Gasteiger partial charge >= 0.3 is 0 Å². The second-order valence-corrected chi connectivity index (χ2v) is 5.83. The number of ether oxygens (including phenoxy) is 1. The van der Waals surface area contributed by atoms with E-state index in [1.165, 1.54) is 6.42 Å². The van der Waals surface area contributed by atoms with E-state index >= 15 is 0 Å². The Morgan fingerprint density at radius 1 is 1.31 bits per heavy atom. The van der Waals surface area contributed by atoms with E-state index in [1.807, 2.05) is 6.92 Å². The Balaban J connectivity index is 3.83. The van der Waals surface area contributed by atoms with Crippen LogP contribution in [0.5, 0.6) is 0 Å². The highest BCUT2D eigenvalue weighted by atomic mass is 16.5. The van der Waals surface area contributed by atoms with Gasteiger partial charge in [-0.15, -0.1) is 0 Å². The van der Waals surface area contributed by atoms with Gasteiger partial charge in [-0.25, -0.2) is 0 Å². The number of hydrogen-bond acceptors (Lipinski definition) is 3. The van der Waals surface area contributed by atoms with Gasteiger partial charge in [0.25, 0.3) is 0 Å². The number of rotatable bonds is 8. The topological polar surface area (TPSA) is 38.5 Å². The second kappa shape index (κ2) is 8.04. The molecular weight excluding hydrogens is 200 g/mol. The largest absolute Gasteiger partial charge is 0.380 e. The van der Waals surface area contributed by atoms with E-state index in [1.54, 1.807) is 0 Å². The first-order chi connectivity index (χ1) is 7.39. The van der Waals surface area contributed by atoms with Crippen LogP contribution in [0.4, 0.5) is 0 Å². The van der Waals surface area contributed by atoms with Crippen LogP contribution < -0.4 is 5.73 Å². The van der Waals surface area contributed by atoms with Gasteiger partial charge in [-0.05, 0) is 38.3 Å². The molecule has 0 rings (SSSR count). The Labute approximate surface area is 101 Å². The summed E-state index contributed by atoms with van der Waals surface area (Å²) in [7, 11) is 2.14. The number of hydrogen-bond donors (Lipinski definition) is 1. The molecule has 0 heterocycles. The zero-order valence-corrected chi connectivity index (χ0v) is 11.8. The lowest BCUT2D eigenvalue weighted by molar-refractivity contribution is 0.113. The summed E-state index contributed by atoms with van der Waals surface area (Å²) in [6.45, 7) is 13.3. The molecule has 0 aliphatic rings. The first-order valence-corrected chi connectivity index (χ1v) is 6.35. The lowest BCUT2D eigenvalue weighted by atomic mass is 9.84. The molecule has 0 spiro atoms. The van der Waals surface area contributed by atoms with Gasteiger partial charge in [-0.3, -0.25) is 0 Å². The maximum atomic E-state index is 5.83. The van der Waals surface area contributed by atoms with E-state index in [2.05, 4.69) is 32.7 Å². The maximum absolute atomic E-state index is 5.83. The summed E-state index contributed by atoms with van der Waals surface area (Å²) in [5.74, 6) is 0.589. The van der Waals surface area contributed by atoms with Crippen LogP contribution in [0.15, 0.2) is 0 Å². The van der Waals surface area contributed by atoms with Crippen molar-refractivity contribution in [2.45, 2.75) is 34.1 Å². The van der Waals surface area contributed by atoms with Gasteiger partial charge in [-0.1, -0.05) is 20.8 Å². The fourth-order valence-corrected chi connectivity index (χ4v) is 1.99. The molecule has 2 N–H and O–H groups in total. The van der Waals surface area contributed by atoms with Crippen LogP contribution in [0.25, 0.3) is 0 Å². The van der Waals surface area contributed by atoms with Gasteiger partial charge in [0.2, 0.25) is 0 Å². The molecule has 98 valence electrons. The van der Waals surface area contributed by atoms with Crippen LogP contribution in [0.3, 0.4) is 0 Å². The molecule has 0 aromatic carbocycles. The standard InChI is InChI=1S/C13H30N2O/c1-6-16-8-7-15(5)11-12(10-14)9-13(2,3)4/h12H,6-11,14H2,1-5H3. The van der Waals surface area contributed by atoms with E-state index in [4.69, 9.17) is 10.5 Å². The van der Waals surface area contributed by atoms with Crippen LogP contribution in [0, 0.1) is 11.3 Å². The van der Waals surface area contributed by atoms with Gasteiger partial charge in [0.15, 0.2) is 0 Å². The Morgan fingerprint density at radius 2 is 1.94 bits per heavy atom. The molecule has 0 aliphatic carbocycles. The fourth-order valence-electron chi connectivity index (χ4n) is 1.99. The van der Waals surface area contributed by atoms with Crippen molar-refractivity contribution >= 4 is 0 Å². The summed E-state index contributed by atoms with van der Waals surface area (Å²) < 4.78 is 5.35. The first-order valence-electron chi connectivity index (χ1n) is 6.35. The average Bonchev–Trinajstić information content (AvgIpc) is 2.15. The predicted molar refractivity (Wildman–Crippen MR) is 70.6 cm³/mol. The SMILES string of the molecule is CCOCCN(C)CC(CN)CC(C)(C)C. The Hall–Kier alpha value is -0.120. The number of likely N-dealkylation sites (N-methyl/N-ethyl adjacent to an activating group) is 1. The third kappa shape index (κ3) is 9.13. The molecule has 0 fully saturated rings. The number of nitrogens with zero attached hydrogens (tertiary/aromatic N) is 1. The van der Waals surface area contributed by atoms with E-state index < -0.39 is 0 Å². The molecule has 3 nitrogen and oxygen atoms in total. The summed E-state index contributed by atoms with van der Waals surface area (Å²) in [6.07, 6.45) is 1.18. The van der Waals surface area contributed by atoms with Crippen LogP contribution in [-0.2, 0) is 4.74 Å². The zero-order chi connectivity index (χ0) is 12.6. The molecule has 0 saturated heterocycles. The molecule has 0 aromatic heterocycles. The average molecular weight is 230 g/mol. The predicted octanol–water partition coefficient (Wildman–Crippen LogP) is 1.97. The highest BCUT2D eigenvalue weighted by Gasteiger charge is 2.18. The lowest BCUT2D eigenvalue weighted by Gasteiger charge is -2.28. The van der Waals surface area contributed by atoms with Crippen molar-refractivity contribution in [2.24, 2.45) is 17.1 Å². The third-order valence-electron chi connectivity index (χ3n) is 2.63. The molecule has 0 saturated carbocycles. The normalized spacial score (nSPS) is 14.4. The zero-order valence-electron chi connectivity index (χ0n) is 11.8. The second-order valence-electron chi connectivity index (χ2n) is 5.83. The minimum Gasteiger partial charge on any atom is -0.380 e. The summed E-state index contributed by atoms with van der Waals surface area (Å²) in [6, 6.07) is 0. The van der Waals surface area contributed by atoms with Crippen molar-refractivity contribution in [3.05, 3.63) is 0 Å². The molecule has 3 heteroatoms. The monoisotopic (exact) mass is 230 g/mol. The minimum absolute atomic E-state index is 0.366. The fraction of sp³-hybridized carbons (Fsp3) is 1.00. The van der Waals surface area contributed by atoms with Gasteiger partial charge in [0.1, 0.15) is 0 Å². The van der Waals surface area contributed by atoms with Crippen molar-refractivity contribution in [2.75, 3.05) is 39.9 Å². The third-order valence-corrected chi connectivity index (χ3v) is 2.63. The summed E-state index contributed by atoms with van der Waals surface area (Å²) in [4.78, 5) is 2.32. The van der Waals surface area contributed by atoms with E-state index in [0.717, 1.165) is 32.8 Å². The first kappa shape index (κ1) is 15.9. The van der Waals surface area contributed by atoms with Crippen molar-refractivity contribution in [3.8, 4) is 0 Å². The van der Waals surface area contributed by atoms with Gasteiger partial charge in [-0.2, -0.15) is 0 Å². The molecule has 0 amide bonds. The van der Waals surface area contributed by atoms with Crippen molar-refractivity contribution in [1.82, 2.24) is 4.90 Å². The molecular formula is C13H30N2O. The van der Waals surface area contributed by atoms with Crippen LogP contribution in [0.2, 0.25) is 0 Å². The van der Waals surface area contributed by atoms with Crippen molar-refractivity contribution in [1.29, 1.82) is 0 Å². The van der Waals surface area contributed by atoms with Gasteiger partial charge < -0.3 is 15.4 Å². The smallest absolute Gasteiger partial charge is 0.0593 e. The summed E-state index contributed by atoms with van der Waals surface area (Å²) in [5.41, 5.74) is 6.19. The Kier molecular flexibility index (Phi) is 7.98. The maximum Gasteiger partial charge on any atom is 0.0593 e. The van der Waals surface area contributed by atoms with Crippen molar-refractivity contribution in [3.63, 3.8) is 0 Å². The van der Waals surface area contributed by atoms with E-state index in [9.17, 15) is 0 Å². The quantitative estimate of drug-likeness (QED) is 0.648. The summed E-state index contributed by atoms with van der Waals surface area (Å²) >= 11 is 0. The Bertz CT molecular complexity index is 166. The molecule has 1 atom stereocenters. The highest BCUT2D eigenvalue weighted by Crippen LogP contribution is 2.24. The lowest BCUT2D eigenvalue weighted by Crippen LogP contribution is -2.34. The van der Waals surface area contributed by atoms with Crippen LogP contribution in [0.1, 0.15) is 34.1 Å². The molecule has 0 bridgehead atoms. The van der Waals surface area contributed by atoms with E-state index in [0.29, 0.717) is 11.3 Å². The van der Waals surface area contributed by atoms with Crippen LogP contribution >= 0.6 is 0 Å². The molecule has 0 radical (unpaired) electrons. The number of nitrogens with two attached hydrogens (primary N) is 1. The highest BCUT2D eigenvalue weighted by molar-refractivity contribution is 4.72. The minimum atomic E-state index is 0.366. The van der Waals surface area contributed by atoms with E-state index in [-0.39, 0.29) is 0 Å². The molecule has 0 aromatic rings. The van der Waals surface area contributed by atoms with Gasteiger partial charge in [0, 0.05) is 19.7 Å².